The van der Waals surface area contributed by atoms with Crippen molar-refractivity contribution in [1.29, 1.82) is 0 Å². The lowest BCUT2D eigenvalue weighted by Crippen LogP contribution is -2.47. The Balaban J connectivity index is 0.000000558. The Hall–Kier alpha value is -2.07. The largest absolute Gasteiger partial charge is 0.350 e. The molecule has 2 atom stereocenters. The van der Waals surface area contributed by atoms with Crippen LogP contribution in [-0.4, -0.2) is 113 Å². The Bertz CT molecular complexity index is 864. The van der Waals surface area contributed by atoms with Gasteiger partial charge in [0.05, 0.1) is 18.5 Å². The van der Waals surface area contributed by atoms with Crippen molar-refractivity contribution in [2.24, 2.45) is 11.8 Å². The molecule has 4 amide bonds. The quantitative estimate of drug-likeness (QED) is 0.311. The molecule has 3 fully saturated rings. The second-order valence-electron chi connectivity index (χ2n) is 12.8. The maximum Gasteiger partial charge on any atom is 0.249 e. The summed E-state index contributed by atoms with van der Waals surface area (Å²) in [6.45, 7) is 20.7. The van der Waals surface area contributed by atoms with Gasteiger partial charge in [-0.1, -0.05) is 47.1 Å². The van der Waals surface area contributed by atoms with Crippen LogP contribution in [0.25, 0.3) is 0 Å². The lowest BCUT2D eigenvalue weighted by molar-refractivity contribution is -0.141. The van der Waals surface area contributed by atoms with E-state index in [1.165, 1.54) is 32.4 Å². The molecule has 42 heavy (non-hydrogen) atoms. The third-order valence-electron chi connectivity index (χ3n) is 7.60. The highest BCUT2D eigenvalue weighted by molar-refractivity contribution is 7.99. The molecule has 0 saturated carbocycles. The zero-order valence-electron chi connectivity index (χ0n) is 27.9. The molecule has 3 saturated heterocycles. The van der Waals surface area contributed by atoms with Gasteiger partial charge in [0.2, 0.25) is 24.1 Å². The van der Waals surface area contributed by atoms with Gasteiger partial charge in [-0.3, -0.25) is 19.2 Å². The van der Waals surface area contributed by atoms with Crippen molar-refractivity contribution in [2.45, 2.75) is 106 Å². The van der Waals surface area contributed by atoms with Crippen LogP contribution in [0.3, 0.4) is 0 Å². The van der Waals surface area contributed by atoms with E-state index in [0.717, 1.165) is 30.7 Å². The highest BCUT2D eigenvalue weighted by atomic mass is 32.2. The molecule has 0 aromatic heterocycles. The number of carbonyl (C=O) groups excluding carboxylic acids is 4. The van der Waals surface area contributed by atoms with Gasteiger partial charge in [0.1, 0.15) is 6.04 Å². The number of likely N-dealkylation sites (tertiary alicyclic amines) is 2. The number of likely N-dealkylation sites (N-methyl/N-ethyl adjacent to an activating group) is 1. The first-order chi connectivity index (χ1) is 19.8. The third kappa shape index (κ3) is 13.1. The minimum absolute atomic E-state index is 0.0429. The van der Waals surface area contributed by atoms with Crippen molar-refractivity contribution in [3.8, 4) is 0 Å². The van der Waals surface area contributed by atoms with Gasteiger partial charge < -0.3 is 24.9 Å². The fourth-order valence-electron chi connectivity index (χ4n) is 5.23. The number of nitrogens with zero attached hydrogens (tertiary/aromatic N) is 4. The Labute approximate surface area is 260 Å². The van der Waals surface area contributed by atoms with E-state index in [1.54, 1.807) is 41.6 Å². The molecular formula is C32H59N5O4S. The number of rotatable bonds is 9. The van der Waals surface area contributed by atoms with Gasteiger partial charge in [0, 0.05) is 37.5 Å². The molecule has 0 unspecified atom stereocenters. The summed E-state index contributed by atoms with van der Waals surface area (Å²) in [7, 11) is 1.67. The van der Waals surface area contributed by atoms with Crippen molar-refractivity contribution < 1.29 is 19.2 Å². The van der Waals surface area contributed by atoms with Crippen molar-refractivity contribution in [3.63, 3.8) is 0 Å². The average Bonchev–Trinajstić information content (AvgIpc) is 3.67. The monoisotopic (exact) mass is 609 g/mol. The van der Waals surface area contributed by atoms with Crippen LogP contribution in [0.15, 0.2) is 11.6 Å². The average molecular weight is 610 g/mol. The van der Waals surface area contributed by atoms with E-state index in [9.17, 15) is 19.2 Å². The fraction of sp³-hybridized carbons (Fsp3) is 0.812. The lowest BCUT2D eigenvalue weighted by Gasteiger charge is -2.31. The van der Waals surface area contributed by atoms with E-state index in [2.05, 4.69) is 44.8 Å². The highest BCUT2D eigenvalue weighted by Gasteiger charge is 2.38. The number of hydrogen-bond acceptors (Lipinski definition) is 6. The molecule has 3 rings (SSSR count). The fourth-order valence-corrected chi connectivity index (χ4v) is 6.18. The minimum atomic E-state index is -0.391. The summed E-state index contributed by atoms with van der Waals surface area (Å²) in [6.07, 6.45) is 8.09. The molecule has 0 radical (unpaired) electrons. The maximum absolute atomic E-state index is 13.1. The van der Waals surface area contributed by atoms with E-state index in [1.807, 2.05) is 18.7 Å². The predicted molar refractivity (Wildman–Crippen MR) is 174 cm³/mol. The maximum atomic E-state index is 13.1. The number of carbonyl (C=O) groups is 4. The van der Waals surface area contributed by atoms with Gasteiger partial charge in [0.25, 0.3) is 0 Å². The first-order valence-corrected chi connectivity index (χ1v) is 17.0. The van der Waals surface area contributed by atoms with Crippen LogP contribution in [0.2, 0.25) is 0 Å². The summed E-state index contributed by atoms with van der Waals surface area (Å²) >= 11 is 1.73. The third-order valence-corrected chi connectivity index (χ3v) is 8.57. The number of amides is 4. The molecule has 0 aromatic carbocycles. The molecule has 9 nitrogen and oxygen atoms in total. The van der Waals surface area contributed by atoms with Crippen molar-refractivity contribution in [3.05, 3.63) is 11.6 Å². The van der Waals surface area contributed by atoms with Crippen LogP contribution in [-0.2, 0) is 19.2 Å². The van der Waals surface area contributed by atoms with Crippen LogP contribution in [0.1, 0.15) is 87.5 Å². The molecule has 0 aliphatic carbocycles. The van der Waals surface area contributed by atoms with E-state index in [-0.39, 0.29) is 36.2 Å². The zero-order chi connectivity index (χ0) is 31.8. The number of piperidine rings is 1. The highest BCUT2D eigenvalue weighted by Crippen LogP contribution is 2.25. The SMILES string of the molecule is C/C(=C\[C@H](C(C)C)N(C)C(=O)CNC=O)C(=O)N1CCC[C@H]1C(=O)N1CCSC1.CC(C)C.CC(C)N1CCCCC1. The second-order valence-corrected chi connectivity index (χ2v) is 13.9. The van der Waals surface area contributed by atoms with Gasteiger partial charge in [-0.15, -0.1) is 11.8 Å². The topological polar surface area (TPSA) is 93.3 Å². The van der Waals surface area contributed by atoms with Gasteiger partial charge >= 0.3 is 0 Å². The Morgan fingerprint density at radius 3 is 2.05 bits per heavy atom. The van der Waals surface area contributed by atoms with Gasteiger partial charge in [-0.2, -0.15) is 0 Å². The zero-order valence-corrected chi connectivity index (χ0v) is 28.7. The van der Waals surface area contributed by atoms with Crippen LogP contribution in [0, 0.1) is 11.8 Å². The summed E-state index contributed by atoms with van der Waals surface area (Å²) in [4.78, 5) is 56.3. The first-order valence-electron chi connectivity index (χ1n) is 15.8. The van der Waals surface area contributed by atoms with Crippen LogP contribution in [0.4, 0.5) is 0 Å². The molecule has 3 aliphatic rings. The molecule has 0 spiro atoms. The number of hydrogen-bond donors (Lipinski definition) is 1. The van der Waals surface area contributed by atoms with Crippen LogP contribution >= 0.6 is 11.8 Å². The molecule has 0 aromatic rings. The lowest BCUT2D eigenvalue weighted by atomic mass is 9.99. The summed E-state index contributed by atoms with van der Waals surface area (Å²) in [5, 5.41) is 2.38. The molecule has 0 bridgehead atoms. The summed E-state index contributed by atoms with van der Waals surface area (Å²) < 4.78 is 0. The van der Waals surface area contributed by atoms with Gasteiger partial charge in [-0.25, -0.2) is 0 Å². The van der Waals surface area contributed by atoms with Gasteiger partial charge in [-0.05, 0) is 71.4 Å². The Morgan fingerprint density at radius 1 is 0.952 bits per heavy atom. The van der Waals surface area contributed by atoms with Crippen molar-refractivity contribution >= 4 is 35.9 Å². The van der Waals surface area contributed by atoms with E-state index in [0.29, 0.717) is 30.8 Å². The summed E-state index contributed by atoms with van der Waals surface area (Å²) in [5.41, 5.74) is 0.530. The molecule has 1 N–H and O–H groups in total. The smallest absolute Gasteiger partial charge is 0.249 e. The number of nitrogens with one attached hydrogen (secondary N) is 1. The number of thioether (sulfide) groups is 1. The molecule has 242 valence electrons. The van der Waals surface area contributed by atoms with Gasteiger partial charge in [0.15, 0.2) is 0 Å². The van der Waals surface area contributed by atoms with Crippen molar-refractivity contribution in [2.75, 3.05) is 51.4 Å². The predicted octanol–water partition coefficient (Wildman–Crippen LogP) is 4.23. The summed E-state index contributed by atoms with van der Waals surface area (Å²) in [5.74, 6) is 2.23. The minimum Gasteiger partial charge on any atom is -0.350 e. The second kappa shape index (κ2) is 20.0. The Kier molecular flexibility index (Phi) is 18.1. The molecule has 3 aliphatic heterocycles. The van der Waals surface area contributed by atoms with E-state index >= 15 is 0 Å². The summed E-state index contributed by atoms with van der Waals surface area (Å²) in [6, 6.07) is 0.0927. The van der Waals surface area contributed by atoms with E-state index < -0.39 is 6.04 Å². The van der Waals surface area contributed by atoms with E-state index in [4.69, 9.17) is 0 Å². The first kappa shape index (κ1) is 38.0. The molecule has 10 heteroatoms. The van der Waals surface area contributed by atoms with Crippen LogP contribution in [0.5, 0.6) is 0 Å². The van der Waals surface area contributed by atoms with Crippen LogP contribution < -0.4 is 5.32 Å². The van der Waals surface area contributed by atoms with Crippen molar-refractivity contribution in [1.82, 2.24) is 24.9 Å². The molecular weight excluding hydrogens is 550 g/mol. The standard InChI is InChI=1S/C20H32N4O4S.C8H17N.C4H10/c1-14(2)17(22(4)18(26)11-21-12-25)10-15(3)19(27)24-7-5-6-16(24)20(28)23-8-9-29-13-23;1-8(2)9-6-4-3-5-7-9;1-4(2)3/h10,12,14,16-17H,5-9,11,13H2,1-4H3,(H,21,25);8H,3-7H2,1-2H3;4H,1-3H3/b15-10+;;/t16-,17+;;/m0../s1. The Morgan fingerprint density at radius 2 is 1.57 bits per heavy atom. The molecule has 3 heterocycles. The normalized spacial score (nSPS) is 20.1.